The molecular weight excluding hydrogens is 593 g/mol. The van der Waals surface area contributed by atoms with Gasteiger partial charge in [0.25, 0.3) is 10.0 Å². The first-order valence-corrected chi connectivity index (χ1v) is 15.3. The number of carbonyl (C=O) groups excluding carboxylic acids is 2. The molecule has 7 nitrogen and oxygen atoms in total. The van der Waals surface area contributed by atoms with Crippen molar-refractivity contribution in [2.75, 3.05) is 10.8 Å². The molecule has 0 aliphatic rings. The van der Waals surface area contributed by atoms with Crippen LogP contribution in [0.5, 0.6) is 0 Å². The molecule has 11 heteroatoms. The van der Waals surface area contributed by atoms with E-state index >= 15 is 0 Å². The average molecular weight is 625 g/mol. The minimum atomic E-state index is -4.23. The fraction of sp³-hybridized carbons (Fsp3) is 0.310. The first-order valence-electron chi connectivity index (χ1n) is 12.7. The molecule has 3 rings (SSSR count). The molecule has 3 aromatic rings. The van der Waals surface area contributed by atoms with Gasteiger partial charge in [0, 0.05) is 28.2 Å². The maximum Gasteiger partial charge on any atom is 0.264 e. The molecule has 0 bridgehead atoms. The summed E-state index contributed by atoms with van der Waals surface area (Å²) in [6, 6.07) is 16.5. The highest BCUT2D eigenvalue weighted by molar-refractivity contribution is 7.92. The van der Waals surface area contributed by atoms with Gasteiger partial charge in [0.2, 0.25) is 11.8 Å². The van der Waals surface area contributed by atoms with Crippen molar-refractivity contribution in [2.45, 2.75) is 57.6 Å². The second kappa shape index (κ2) is 13.7. The standard InChI is InChI=1S/C29H32Cl3N3O4S/c1-5-20(3)33-29(37)21(4)34(17-23-24(30)10-8-11-25(23)31)28(36)18-35(27-12-7-6-9-26(27)32)40(38,39)22-15-13-19(2)14-16-22/h6-16,20-21H,5,17-18H2,1-4H3,(H,33,37)/t20-,21-/m1/s1. The summed E-state index contributed by atoms with van der Waals surface area (Å²) < 4.78 is 28.7. The Kier molecular flexibility index (Phi) is 10.9. The monoisotopic (exact) mass is 623 g/mol. The first-order chi connectivity index (χ1) is 18.9. The number of sulfonamides is 1. The molecule has 2 amide bonds. The van der Waals surface area contributed by atoms with Gasteiger partial charge in [-0.25, -0.2) is 8.42 Å². The van der Waals surface area contributed by atoms with Crippen molar-refractivity contribution >= 4 is 62.3 Å². The average Bonchev–Trinajstić information content (AvgIpc) is 2.91. The molecule has 3 aromatic carbocycles. The third-order valence-electron chi connectivity index (χ3n) is 6.57. The van der Waals surface area contributed by atoms with Crippen LogP contribution in [0.1, 0.15) is 38.3 Å². The van der Waals surface area contributed by atoms with E-state index in [0.717, 1.165) is 9.87 Å². The van der Waals surface area contributed by atoms with Crippen LogP contribution in [0.2, 0.25) is 15.1 Å². The number of benzene rings is 3. The van der Waals surface area contributed by atoms with Gasteiger partial charge in [0.15, 0.2) is 0 Å². The van der Waals surface area contributed by atoms with E-state index in [9.17, 15) is 18.0 Å². The number of hydrogen-bond donors (Lipinski definition) is 1. The third-order valence-corrected chi connectivity index (χ3v) is 9.37. The van der Waals surface area contributed by atoms with Crippen molar-refractivity contribution in [3.05, 3.63) is 92.9 Å². The molecule has 0 unspecified atom stereocenters. The molecule has 0 saturated carbocycles. The number of rotatable bonds is 11. The Morgan fingerprint density at radius 1 is 0.875 bits per heavy atom. The van der Waals surface area contributed by atoms with E-state index in [1.54, 1.807) is 55.5 Å². The van der Waals surface area contributed by atoms with E-state index in [-0.39, 0.29) is 28.2 Å². The van der Waals surface area contributed by atoms with Gasteiger partial charge in [-0.1, -0.05) is 77.6 Å². The summed E-state index contributed by atoms with van der Waals surface area (Å²) in [6.07, 6.45) is 0.692. The van der Waals surface area contributed by atoms with Crippen LogP contribution < -0.4 is 9.62 Å². The summed E-state index contributed by atoms with van der Waals surface area (Å²) in [7, 11) is -4.23. The molecule has 214 valence electrons. The molecular formula is C29H32Cl3N3O4S. The minimum absolute atomic E-state index is 0.00548. The lowest BCUT2D eigenvalue weighted by atomic mass is 10.1. The molecule has 0 saturated heterocycles. The van der Waals surface area contributed by atoms with Crippen molar-refractivity contribution in [1.82, 2.24) is 10.2 Å². The van der Waals surface area contributed by atoms with Crippen molar-refractivity contribution in [3.8, 4) is 0 Å². The Labute approximate surface area is 251 Å². The van der Waals surface area contributed by atoms with E-state index in [2.05, 4.69) is 5.32 Å². The molecule has 0 heterocycles. The van der Waals surface area contributed by atoms with Gasteiger partial charge >= 0.3 is 0 Å². The van der Waals surface area contributed by atoms with E-state index in [1.165, 1.54) is 23.1 Å². The maximum absolute atomic E-state index is 14.0. The van der Waals surface area contributed by atoms with Gasteiger partial charge in [-0.05, 0) is 63.6 Å². The van der Waals surface area contributed by atoms with Crippen LogP contribution in [0.4, 0.5) is 5.69 Å². The lowest BCUT2D eigenvalue weighted by molar-refractivity contribution is -0.139. The Hall–Kier alpha value is -2.78. The molecule has 0 radical (unpaired) electrons. The molecule has 0 spiro atoms. The number of nitrogens with one attached hydrogen (secondary N) is 1. The second-order valence-corrected chi connectivity index (χ2v) is 12.6. The normalized spacial score (nSPS) is 12.9. The molecule has 40 heavy (non-hydrogen) atoms. The molecule has 0 aromatic heterocycles. The number of nitrogens with zero attached hydrogens (tertiary/aromatic N) is 2. The minimum Gasteiger partial charge on any atom is -0.352 e. The Morgan fingerprint density at radius 2 is 1.45 bits per heavy atom. The summed E-state index contributed by atoms with van der Waals surface area (Å²) in [6.45, 7) is 6.47. The van der Waals surface area contributed by atoms with Gasteiger partial charge in [-0.15, -0.1) is 0 Å². The van der Waals surface area contributed by atoms with Crippen LogP contribution >= 0.6 is 34.8 Å². The van der Waals surface area contributed by atoms with E-state index in [1.807, 2.05) is 20.8 Å². The molecule has 0 aliphatic heterocycles. The summed E-state index contributed by atoms with van der Waals surface area (Å²) in [5.41, 5.74) is 1.45. The molecule has 2 atom stereocenters. The number of para-hydroxylation sites is 1. The topological polar surface area (TPSA) is 86.8 Å². The van der Waals surface area contributed by atoms with Gasteiger partial charge in [-0.3, -0.25) is 13.9 Å². The van der Waals surface area contributed by atoms with E-state index < -0.39 is 34.4 Å². The summed E-state index contributed by atoms with van der Waals surface area (Å²) >= 11 is 19.2. The number of aryl methyl sites for hydroxylation is 1. The lowest BCUT2D eigenvalue weighted by Gasteiger charge is -2.33. The molecule has 1 N–H and O–H groups in total. The van der Waals surface area contributed by atoms with Gasteiger partial charge in [0.1, 0.15) is 12.6 Å². The second-order valence-electron chi connectivity index (χ2n) is 9.49. The quantitative estimate of drug-likeness (QED) is 0.265. The summed E-state index contributed by atoms with van der Waals surface area (Å²) in [5.74, 6) is -1.03. The fourth-order valence-electron chi connectivity index (χ4n) is 3.91. The zero-order valence-corrected chi connectivity index (χ0v) is 25.8. The van der Waals surface area contributed by atoms with Crippen LogP contribution in [-0.4, -0.2) is 43.8 Å². The fourth-order valence-corrected chi connectivity index (χ4v) is 6.14. The predicted octanol–water partition coefficient (Wildman–Crippen LogP) is 6.48. The molecule has 0 fully saturated rings. The Balaban J connectivity index is 2.08. The number of amides is 2. The zero-order valence-electron chi connectivity index (χ0n) is 22.7. The lowest BCUT2D eigenvalue weighted by Crippen LogP contribution is -2.52. The first kappa shape index (κ1) is 31.7. The highest BCUT2D eigenvalue weighted by Crippen LogP contribution is 2.31. The highest BCUT2D eigenvalue weighted by atomic mass is 35.5. The van der Waals surface area contributed by atoms with Gasteiger partial charge in [0.05, 0.1) is 15.6 Å². The van der Waals surface area contributed by atoms with Crippen molar-refractivity contribution in [2.24, 2.45) is 0 Å². The van der Waals surface area contributed by atoms with Crippen molar-refractivity contribution in [1.29, 1.82) is 0 Å². The zero-order chi connectivity index (χ0) is 29.6. The summed E-state index contributed by atoms with van der Waals surface area (Å²) in [5, 5.41) is 3.66. The van der Waals surface area contributed by atoms with E-state index in [4.69, 9.17) is 34.8 Å². The van der Waals surface area contributed by atoms with Crippen LogP contribution in [0, 0.1) is 6.92 Å². The Morgan fingerprint density at radius 3 is 2.02 bits per heavy atom. The predicted molar refractivity (Wildman–Crippen MR) is 162 cm³/mol. The number of halogens is 3. The van der Waals surface area contributed by atoms with Gasteiger partial charge < -0.3 is 10.2 Å². The maximum atomic E-state index is 14.0. The highest BCUT2D eigenvalue weighted by Gasteiger charge is 2.34. The van der Waals surface area contributed by atoms with E-state index in [0.29, 0.717) is 22.0 Å². The number of carbonyl (C=O) groups is 2. The van der Waals surface area contributed by atoms with Crippen molar-refractivity contribution in [3.63, 3.8) is 0 Å². The van der Waals surface area contributed by atoms with Crippen LogP contribution in [0.25, 0.3) is 0 Å². The van der Waals surface area contributed by atoms with Crippen LogP contribution in [0.15, 0.2) is 71.6 Å². The Bertz CT molecular complexity index is 1450. The van der Waals surface area contributed by atoms with Crippen LogP contribution in [-0.2, 0) is 26.2 Å². The SMILES string of the molecule is CC[C@@H](C)NC(=O)[C@@H](C)N(Cc1c(Cl)cccc1Cl)C(=O)CN(c1ccccc1Cl)S(=O)(=O)c1ccc(C)cc1. The smallest absolute Gasteiger partial charge is 0.264 e. The van der Waals surface area contributed by atoms with Gasteiger partial charge in [-0.2, -0.15) is 0 Å². The number of hydrogen-bond acceptors (Lipinski definition) is 4. The third kappa shape index (κ3) is 7.49. The molecule has 0 aliphatic carbocycles. The largest absolute Gasteiger partial charge is 0.352 e. The number of anilines is 1. The summed E-state index contributed by atoms with van der Waals surface area (Å²) in [4.78, 5) is 28.4. The van der Waals surface area contributed by atoms with Crippen molar-refractivity contribution < 1.29 is 18.0 Å². The van der Waals surface area contributed by atoms with Crippen LogP contribution in [0.3, 0.4) is 0 Å².